The Hall–Kier alpha value is -1.34. The highest BCUT2D eigenvalue weighted by atomic mass is 35.5. The van der Waals surface area contributed by atoms with Gasteiger partial charge in [0.2, 0.25) is 0 Å². The smallest absolute Gasteiger partial charge is 0.178 e. The Morgan fingerprint density at radius 3 is 2.94 bits per heavy atom. The second kappa shape index (κ2) is 4.89. The van der Waals surface area contributed by atoms with Crippen LogP contribution in [-0.4, -0.2) is 22.6 Å². The molecule has 0 aromatic carbocycles. The Bertz CT molecular complexity index is 454. The van der Waals surface area contributed by atoms with E-state index < -0.39 is 0 Å². The molecule has 1 aromatic heterocycles. The maximum Gasteiger partial charge on any atom is 0.178 e. The number of hydrogen-bond donors (Lipinski definition) is 0. The minimum Gasteiger partial charge on any atom is -0.352 e. The molecule has 4 nitrogen and oxygen atoms in total. The first-order chi connectivity index (χ1) is 8.13. The lowest BCUT2D eigenvalue weighted by Gasteiger charge is -2.38. The van der Waals surface area contributed by atoms with E-state index in [0.29, 0.717) is 12.0 Å². The second-order valence-electron chi connectivity index (χ2n) is 4.53. The lowest BCUT2D eigenvalue weighted by Crippen LogP contribution is -2.43. The van der Waals surface area contributed by atoms with Gasteiger partial charge in [0.05, 0.1) is 6.20 Å². The van der Waals surface area contributed by atoms with Crippen molar-refractivity contribution in [3.05, 3.63) is 17.0 Å². The molecule has 2 heterocycles. The van der Waals surface area contributed by atoms with Crippen LogP contribution in [0.25, 0.3) is 0 Å². The van der Waals surface area contributed by atoms with E-state index in [9.17, 15) is 0 Å². The van der Waals surface area contributed by atoms with E-state index in [1.807, 2.05) is 6.07 Å². The van der Waals surface area contributed by atoms with Gasteiger partial charge in [0.25, 0.3) is 0 Å². The number of aromatic nitrogens is 2. The number of nitriles is 1. The Morgan fingerprint density at radius 2 is 2.29 bits per heavy atom. The van der Waals surface area contributed by atoms with Crippen LogP contribution in [0.5, 0.6) is 0 Å². The zero-order valence-electron chi connectivity index (χ0n) is 10.0. The van der Waals surface area contributed by atoms with Crippen LogP contribution >= 0.6 is 11.6 Å². The molecule has 17 heavy (non-hydrogen) atoms. The predicted octanol–water partition coefficient (Wildman–Crippen LogP) is 2.63. The van der Waals surface area contributed by atoms with Gasteiger partial charge in [-0.25, -0.2) is 9.97 Å². The summed E-state index contributed by atoms with van der Waals surface area (Å²) < 4.78 is 0. The van der Waals surface area contributed by atoms with Gasteiger partial charge in [-0.1, -0.05) is 18.5 Å². The predicted molar refractivity (Wildman–Crippen MR) is 67.0 cm³/mol. The fraction of sp³-hybridized carbons (Fsp3) is 0.583. The van der Waals surface area contributed by atoms with Gasteiger partial charge < -0.3 is 4.90 Å². The van der Waals surface area contributed by atoms with E-state index in [-0.39, 0.29) is 10.8 Å². The highest BCUT2D eigenvalue weighted by molar-refractivity contribution is 6.30. The summed E-state index contributed by atoms with van der Waals surface area (Å²) >= 11 is 5.91. The molecule has 1 saturated heterocycles. The molecule has 1 fully saturated rings. The van der Waals surface area contributed by atoms with Gasteiger partial charge in [0.1, 0.15) is 11.9 Å². The van der Waals surface area contributed by atoms with Crippen LogP contribution in [0.15, 0.2) is 6.20 Å². The van der Waals surface area contributed by atoms with Crippen LogP contribution < -0.4 is 4.90 Å². The first-order valence-electron chi connectivity index (χ1n) is 5.82. The number of anilines is 1. The van der Waals surface area contributed by atoms with E-state index in [2.05, 4.69) is 28.7 Å². The maximum atomic E-state index is 8.76. The number of rotatable bonds is 1. The van der Waals surface area contributed by atoms with Crippen molar-refractivity contribution in [3.8, 4) is 6.07 Å². The third-order valence-electron chi connectivity index (χ3n) is 3.49. The Balaban J connectivity index is 2.28. The highest BCUT2D eigenvalue weighted by Crippen LogP contribution is 2.27. The summed E-state index contributed by atoms with van der Waals surface area (Å²) in [5, 5.41) is 8.95. The van der Waals surface area contributed by atoms with Crippen LogP contribution in [-0.2, 0) is 0 Å². The van der Waals surface area contributed by atoms with Crippen molar-refractivity contribution in [2.24, 2.45) is 5.92 Å². The summed E-state index contributed by atoms with van der Waals surface area (Å²) in [5.41, 5.74) is 0.188. The van der Waals surface area contributed by atoms with E-state index in [0.717, 1.165) is 18.8 Å². The van der Waals surface area contributed by atoms with E-state index in [1.54, 1.807) is 6.20 Å². The number of halogens is 1. The van der Waals surface area contributed by atoms with Gasteiger partial charge in [-0.3, -0.25) is 0 Å². The van der Waals surface area contributed by atoms with E-state index in [1.165, 1.54) is 6.42 Å². The van der Waals surface area contributed by atoms with Crippen LogP contribution in [0, 0.1) is 17.2 Å². The SMILES string of the molecule is C[C@@H]1CCCN(c2cnc(C#N)c(Cl)n2)[C@@H]1C. The normalized spacial score (nSPS) is 24.5. The van der Waals surface area contributed by atoms with Crippen molar-refractivity contribution in [2.45, 2.75) is 32.7 Å². The van der Waals surface area contributed by atoms with Gasteiger partial charge in [0, 0.05) is 12.6 Å². The first kappa shape index (κ1) is 12.1. The lowest BCUT2D eigenvalue weighted by molar-refractivity contribution is 0.361. The molecule has 1 aliphatic heterocycles. The average Bonchev–Trinajstić information content (AvgIpc) is 2.32. The first-order valence-corrected chi connectivity index (χ1v) is 6.20. The van der Waals surface area contributed by atoms with Crippen molar-refractivity contribution in [1.82, 2.24) is 9.97 Å². The van der Waals surface area contributed by atoms with Crippen molar-refractivity contribution >= 4 is 17.4 Å². The molecule has 2 atom stereocenters. The summed E-state index contributed by atoms with van der Waals surface area (Å²) in [6, 6.07) is 2.35. The van der Waals surface area contributed by atoms with Crippen LogP contribution in [0.4, 0.5) is 5.82 Å². The van der Waals surface area contributed by atoms with Crippen molar-refractivity contribution in [3.63, 3.8) is 0 Å². The third kappa shape index (κ3) is 2.34. The molecule has 1 aromatic rings. The van der Waals surface area contributed by atoms with E-state index >= 15 is 0 Å². The molecule has 1 aliphatic rings. The third-order valence-corrected chi connectivity index (χ3v) is 3.75. The Labute approximate surface area is 106 Å². The van der Waals surface area contributed by atoms with Crippen LogP contribution in [0.3, 0.4) is 0 Å². The summed E-state index contributed by atoms with van der Waals surface area (Å²) in [5.74, 6) is 1.41. The average molecular weight is 251 g/mol. The molecule has 2 rings (SSSR count). The Morgan fingerprint density at radius 1 is 1.53 bits per heavy atom. The maximum absolute atomic E-state index is 8.76. The number of hydrogen-bond acceptors (Lipinski definition) is 4. The number of piperidine rings is 1. The molecule has 0 bridgehead atoms. The van der Waals surface area contributed by atoms with E-state index in [4.69, 9.17) is 16.9 Å². The monoisotopic (exact) mass is 250 g/mol. The molecular weight excluding hydrogens is 236 g/mol. The van der Waals surface area contributed by atoms with Crippen molar-refractivity contribution in [1.29, 1.82) is 5.26 Å². The van der Waals surface area contributed by atoms with Crippen molar-refractivity contribution in [2.75, 3.05) is 11.4 Å². The van der Waals surface area contributed by atoms with Crippen molar-refractivity contribution < 1.29 is 0 Å². The zero-order chi connectivity index (χ0) is 12.4. The largest absolute Gasteiger partial charge is 0.352 e. The fourth-order valence-corrected chi connectivity index (χ4v) is 2.41. The molecule has 0 unspecified atom stereocenters. The Kier molecular flexibility index (Phi) is 3.49. The second-order valence-corrected chi connectivity index (χ2v) is 4.89. The molecule has 0 spiro atoms. The summed E-state index contributed by atoms with van der Waals surface area (Å²) in [6.45, 7) is 5.41. The minimum atomic E-state index is 0.188. The van der Waals surface area contributed by atoms with Crippen LogP contribution in [0.2, 0.25) is 5.15 Å². The molecule has 0 N–H and O–H groups in total. The lowest BCUT2D eigenvalue weighted by atomic mass is 9.92. The molecule has 0 saturated carbocycles. The highest BCUT2D eigenvalue weighted by Gasteiger charge is 2.26. The zero-order valence-corrected chi connectivity index (χ0v) is 10.8. The van der Waals surface area contributed by atoms with Gasteiger partial charge in [-0.05, 0) is 25.7 Å². The summed E-state index contributed by atoms with van der Waals surface area (Å²) in [7, 11) is 0. The van der Waals surface area contributed by atoms with Gasteiger partial charge in [0.15, 0.2) is 10.8 Å². The van der Waals surface area contributed by atoms with Crippen LogP contribution in [0.1, 0.15) is 32.4 Å². The molecule has 90 valence electrons. The molecule has 5 heteroatoms. The summed E-state index contributed by atoms with van der Waals surface area (Å²) in [4.78, 5) is 10.5. The minimum absolute atomic E-state index is 0.188. The molecule has 0 radical (unpaired) electrons. The molecule has 0 aliphatic carbocycles. The van der Waals surface area contributed by atoms with Gasteiger partial charge in [-0.2, -0.15) is 5.26 Å². The molecular formula is C12H15ClN4. The summed E-state index contributed by atoms with van der Waals surface area (Å²) in [6.07, 6.45) is 4.04. The van der Waals surface area contributed by atoms with Gasteiger partial charge in [-0.15, -0.1) is 0 Å². The topological polar surface area (TPSA) is 52.8 Å². The molecule has 0 amide bonds. The number of nitrogens with zero attached hydrogens (tertiary/aromatic N) is 4. The quantitative estimate of drug-likeness (QED) is 0.769. The fourth-order valence-electron chi connectivity index (χ4n) is 2.23. The standard InChI is InChI=1S/C12H15ClN4/c1-8-4-3-5-17(9(8)2)11-7-15-10(6-14)12(13)16-11/h7-9H,3-5H2,1-2H3/t8-,9-/m1/s1. The van der Waals surface area contributed by atoms with Gasteiger partial charge >= 0.3 is 0 Å².